The smallest absolute Gasteiger partial charge is 0.315 e. The Kier molecular flexibility index (Phi) is 4.73. The van der Waals surface area contributed by atoms with Crippen LogP contribution >= 0.6 is 0 Å². The van der Waals surface area contributed by atoms with Crippen LogP contribution in [0.25, 0.3) is 0 Å². The van der Waals surface area contributed by atoms with Crippen LogP contribution in [0.2, 0.25) is 0 Å². The third kappa shape index (κ3) is 4.24. The first-order valence-corrected chi connectivity index (χ1v) is 8.52. The predicted octanol–water partition coefficient (Wildman–Crippen LogP) is 2.84. The largest absolute Gasteiger partial charge is 0.481 e. The van der Waals surface area contributed by atoms with Crippen LogP contribution in [-0.2, 0) is 11.2 Å². The fraction of sp³-hybridized carbons (Fsp3) is 0.556. The molecule has 2 aliphatic carbocycles. The molecule has 0 saturated heterocycles. The summed E-state index contributed by atoms with van der Waals surface area (Å²) in [6.07, 6.45) is 5.17. The number of amides is 2. The van der Waals surface area contributed by atoms with Gasteiger partial charge in [0.15, 0.2) is 0 Å². The van der Waals surface area contributed by atoms with Crippen molar-refractivity contribution in [1.29, 1.82) is 0 Å². The highest BCUT2D eigenvalue weighted by atomic mass is 19.1. The third-order valence-electron chi connectivity index (χ3n) is 5.10. The van der Waals surface area contributed by atoms with Crippen molar-refractivity contribution >= 4 is 12.0 Å². The Morgan fingerprint density at radius 1 is 1.12 bits per heavy atom. The maximum Gasteiger partial charge on any atom is 0.315 e. The number of carboxylic acid groups (broad SMARTS) is 1. The van der Waals surface area contributed by atoms with Gasteiger partial charge in [0.1, 0.15) is 5.82 Å². The van der Waals surface area contributed by atoms with E-state index >= 15 is 0 Å². The second-order valence-corrected chi connectivity index (χ2v) is 7.07. The highest BCUT2D eigenvalue weighted by molar-refractivity contribution is 5.76. The number of hydrogen-bond acceptors (Lipinski definition) is 2. The zero-order valence-corrected chi connectivity index (χ0v) is 13.6. The van der Waals surface area contributed by atoms with E-state index in [9.17, 15) is 14.0 Å². The summed E-state index contributed by atoms with van der Waals surface area (Å²) in [7, 11) is 0. The minimum atomic E-state index is -0.742. The lowest BCUT2D eigenvalue weighted by Gasteiger charge is -2.28. The molecular weight excluding hydrogens is 311 g/mol. The Labute approximate surface area is 140 Å². The van der Waals surface area contributed by atoms with Gasteiger partial charge < -0.3 is 15.7 Å². The molecule has 3 rings (SSSR count). The molecule has 0 atom stereocenters. The number of hydrogen-bond donors (Lipinski definition) is 3. The first kappa shape index (κ1) is 16.7. The van der Waals surface area contributed by atoms with Crippen LogP contribution in [0.3, 0.4) is 0 Å². The Morgan fingerprint density at radius 2 is 1.75 bits per heavy atom. The molecule has 2 aliphatic rings. The van der Waals surface area contributed by atoms with Crippen molar-refractivity contribution in [3.05, 3.63) is 35.6 Å². The molecule has 2 saturated carbocycles. The SMILES string of the molecule is O=C(NC1CCC(C(=O)O)CC1)NC1(Cc2ccc(F)cc2)CC1. The minimum Gasteiger partial charge on any atom is -0.481 e. The van der Waals surface area contributed by atoms with Gasteiger partial charge in [-0.1, -0.05) is 12.1 Å². The molecule has 3 N–H and O–H groups in total. The Bertz CT molecular complexity index is 605. The zero-order chi connectivity index (χ0) is 17.2. The summed E-state index contributed by atoms with van der Waals surface area (Å²) in [6, 6.07) is 6.24. The van der Waals surface area contributed by atoms with Crippen LogP contribution in [0.15, 0.2) is 24.3 Å². The monoisotopic (exact) mass is 334 g/mol. The lowest BCUT2D eigenvalue weighted by Crippen LogP contribution is -2.49. The van der Waals surface area contributed by atoms with E-state index in [0.29, 0.717) is 32.1 Å². The van der Waals surface area contributed by atoms with E-state index in [1.54, 1.807) is 12.1 Å². The summed E-state index contributed by atoms with van der Waals surface area (Å²) >= 11 is 0. The maximum absolute atomic E-state index is 13.0. The van der Waals surface area contributed by atoms with E-state index in [-0.39, 0.29) is 29.3 Å². The van der Waals surface area contributed by atoms with Gasteiger partial charge >= 0.3 is 12.0 Å². The number of carbonyl (C=O) groups excluding carboxylic acids is 1. The van der Waals surface area contributed by atoms with Crippen LogP contribution in [0.4, 0.5) is 9.18 Å². The lowest BCUT2D eigenvalue weighted by molar-refractivity contribution is -0.142. The van der Waals surface area contributed by atoms with Crippen molar-refractivity contribution in [3.63, 3.8) is 0 Å². The average molecular weight is 334 g/mol. The van der Waals surface area contributed by atoms with Gasteiger partial charge in [0.05, 0.1) is 5.92 Å². The molecule has 0 spiro atoms. The molecule has 2 amide bonds. The quantitative estimate of drug-likeness (QED) is 0.775. The molecule has 2 fully saturated rings. The summed E-state index contributed by atoms with van der Waals surface area (Å²) in [6.45, 7) is 0. The highest BCUT2D eigenvalue weighted by Crippen LogP contribution is 2.38. The average Bonchev–Trinajstić information content (AvgIpc) is 3.29. The van der Waals surface area contributed by atoms with Gasteiger partial charge in [-0.2, -0.15) is 0 Å². The summed E-state index contributed by atoms with van der Waals surface area (Å²) in [5.74, 6) is -1.28. The van der Waals surface area contributed by atoms with Crippen LogP contribution < -0.4 is 10.6 Å². The number of aliphatic carboxylic acids is 1. The first-order valence-electron chi connectivity index (χ1n) is 8.52. The topological polar surface area (TPSA) is 78.4 Å². The molecule has 24 heavy (non-hydrogen) atoms. The Balaban J connectivity index is 1.46. The van der Waals surface area contributed by atoms with Gasteiger partial charge in [-0.05, 0) is 62.6 Å². The zero-order valence-electron chi connectivity index (χ0n) is 13.6. The molecule has 0 radical (unpaired) electrons. The molecule has 6 heteroatoms. The van der Waals surface area contributed by atoms with E-state index in [2.05, 4.69) is 10.6 Å². The van der Waals surface area contributed by atoms with Crippen molar-refractivity contribution in [2.24, 2.45) is 5.92 Å². The van der Waals surface area contributed by atoms with Crippen molar-refractivity contribution < 1.29 is 19.1 Å². The van der Waals surface area contributed by atoms with Crippen LogP contribution in [0.1, 0.15) is 44.1 Å². The van der Waals surface area contributed by atoms with Gasteiger partial charge in [0.25, 0.3) is 0 Å². The third-order valence-corrected chi connectivity index (χ3v) is 5.10. The van der Waals surface area contributed by atoms with E-state index in [1.807, 2.05) is 0 Å². The second kappa shape index (κ2) is 6.79. The molecule has 1 aromatic carbocycles. The predicted molar refractivity (Wildman–Crippen MR) is 87.1 cm³/mol. The highest BCUT2D eigenvalue weighted by Gasteiger charge is 2.44. The summed E-state index contributed by atoms with van der Waals surface area (Å²) in [5, 5.41) is 15.0. The molecular formula is C18H23FN2O3. The number of carboxylic acids is 1. The number of halogens is 1. The first-order chi connectivity index (χ1) is 11.5. The number of rotatable bonds is 5. The van der Waals surface area contributed by atoms with Crippen molar-refractivity contribution in [2.75, 3.05) is 0 Å². The minimum absolute atomic E-state index is 0.0437. The molecule has 1 aromatic rings. The lowest BCUT2D eigenvalue weighted by atomic mass is 9.86. The summed E-state index contributed by atoms with van der Waals surface area (Å²) in [5.41, 5.74) is 0.788. The fourth-order valence-corrected chi connectivity index (χ4v) is 3.44. The number of urea groups is 1. The van der Waals surface area contributed by atoms with Gasteiger partial charge in [-0.15, -0.1) is 0 Å². The Morgan fingerprint density at radius 3 is 2.29 bits per heavy atom. The van der Waals surface area contributed by atoms with Gasteiger partial charge in [0, 0.05) is 11.6 Å². The van der Waals surface area contributed by atoms with E-state index < -0.39 is 5.97 Å². The van der Waals surface area contributed by atoms with E-state index in [1.165, 1.54) is 12.1 Å². The van der Waals surface area contributed by atoms with Crippen molar-refractivity contribution in [3.8, 4) is 0 Å². The molecule has 5 nitrogen and oxygen atoms in total. The van der Waals surface area contributed by atoms with E-state index in [0.717, 1.165) is 18.4 Å². The fourth-order valence-electron chi connectivity index (χ4n) is 3.44. The normalized spacial score (nSPS) is 24.9. The summed E-state index contributed by atoms with van der Waals surface area (Å²) < 4.78 is 13.0. The molecule has 0 unspecified atom stereocenters. The van der Waals surface area contributed by atoms with Crippen LogP contribution in [-0.4, -0.2) is 28.7 Å². The molecule has 0 bridgehead atoms. The summed E-state index contributed by atoms with van der Waals surface area (Å²) in [4.78, 5) is 23.2. The molecule has 0 heterocycles. The Hall–Kier alpha value is -2.11. The van der Waals surface area contributed by atoms with Crippen molar-refractivity contribution in [1.82, 2.24) is 10.6 Å². The van der Waals surface area contributed by atoms with Crippen LogP contribution in [0.5, 0.6) is 0 Å². The van der Waals surface area contributed by atoms with Crippen LogP contribution in [0, 0.1) is 11.7 Å². The second-order valence-electron chi connectivity index (χ2n) is 7.07. The van der Waals surface area contributed by atoms with E-state index in [4.69, 9.17) is 5.11 Å². The van der Waals surface area contributed by atoms with Gasteiger partial charge in [-0.3, -0.25) is 4.79 Å². The van der Waals surface area contributed by atoms with Gasteiger partial charge in [-0.25, -0.2) is 9.18 Å². The van der Waals surface area contributed by atoms with Gasteiger partial charge in [0.2, 0.25) is 0 Å². The molecule has 0 aromatic heterocycles. The number of nitrogens with one attached hydrogen (secondary N) is 2. The standard InChI is InChI=1S/C18H23FN2O3/c19-14-5-1-12(2-6-14)11-18(9-10-18)21-17(24)20-15-7-3-13(4-8-15)16(22)23/h1-2,5-6,13,15H,3-4,7-11H2,(H,22,23)(H2,20,21,24). The maximum atomic E-state index is 13.0. The molecule has 0 aliphatic heterocycles. The van der Waals surface area contributed by atoms with Crippen molar-refractivity contribution in [2.45, 2.75) is 56.5 Å². The molecule has 130 valence electrons. The number of benzene rings is 1. The number of carbonyl (C=O) groups is 2.